The van der Waals surface area contributed by atoms with Crippen LogP contribution < -0.4 is 32.7 Å². The largest absolute Gasteiger partial charge is 0.383 e. The van der Waals surface area contributed by atoms with Crippen LogP contribution in [0, 0.1) is 13.8 Å². The molecule has 0 bridgehead atoms. The number of aromatic nitrogens is 10. The molecule has 0 aliphatic heterocycles. The summed E-state index contributed by atoms with van der Waals surface area (Å²) in [5.74, 6) is -1.95. The molecule has 4 amide bonds. The molecule has 68 heavy (non-hydrogen) atoms. The van der Waals surface area contributed by atoms with E-state index in [2.05, 4.69) is 61.4 Å². The number of carbonyl (C=O) groups is 4. The zero-order valence-electron chi connectivity index (χ0n) is 36.4. The molecule has 0 aliphatic rings. The summed E-state index contributed by atoms with van der Waals surface area (Å²) in [6.45, 7) is 3.75. The van der Waals surface area contributed by atoms with Gasteiger partial charge in [0, 0.05) is 103 Å². The molecule has 0 saturated heterocycles. The number of amides is 4. The standard InChI is InChI=1S/C45H40N16O6S/c1-25-8-10-48-19-32(25)36-13-27-15-38(50-21-34(27)44(46)56-36)58-43(65)7-5-41(63)55-31-18-53-61(24-31)68(66,67)11-9-29-12-26(2)33(20-49-29)37-14-28-16-39(51-22-35(28)45(47)57-37)59-42(64)6-4-40(62)54-30-17-52-60(3)23-30/h4-8,10,12-24H,9,11H2,1-3H3,(H2,46,56)(H2,47,57)(H,54,62)(H,55,63)(H,50,58,65)(H,51,59,64)/b6-4+,7-5+. The van der Waals surface area contributed by atoms with Gasteiger partial charge in [0.2, 0.25) is 23.6 Å². The predicted molar refractivity (Wildman–Crippen MR) is 255 cm³/mol. The number of fused-ring (bicyclic) bond motifs is 2. The van der Waals surface area contributed by atoms with Crippen LogP contribution in [0.2, 0.25) is 0 Å². The Bertz CT molecular complexity index is 3490. The number of nitrogens with one attached hydrogen (secondary N) is 4. The van der Waals surface area contributed by atoms with Crippen molar-refractivity contribution < 1.29 is 27.6 Å². The first-order valence-corrected chi connectivity index (χ1v) is 22.0. The molecule has 8 aromatic heterocycles. The van der Waals surface area contributed by atoms with Crippen LogP contribution in [0.1, 0.15) is 16.8 Å². The minimum Gasteiger partial charge on any atom is -0.383 e. The van der Waals surface area contributed by atoms with Gasteiger partial charge < -0.3 is 32.7 Å². The Hall–Kier alpha value is -9.25. The summed E-state index contributed by atoms with van der Waals surface area (Å²) in [6.07, 6.45) is 17.5. The molecule has 0 unspecified atom stereocenters. The Labute approximate surface area is 386 Å². The topological polar surface area (TPSA) is 316 Å². The van der Waals surface area contributed by atoms with Crippen molar-refractivity contribution in [1.82, 2.24) is 48.9 Å². The summed E-state index contributed by atoms with van der Waals surface area (Å²) < 4.78 is 28.8. The molecule has 8 heterocycles. The van der Waals surface area contributed by atoms with Crippen LogP contribution in [-0.4, -0.2) is 86.7 Å². The highest BCUT2D eigenvalue weighted by Gasteiger charge is 2.18. The SMILES string of the molecule is Cc1ccncc1-c1cc2cc(NC(=O)/C=C/C(=O)Nc3cnn(S(=O)(=O)CCc4cc(C)c(-c5cc6cc(NC(=O)/C=C/C(=O)Nc7cnn(C)c7)ncc6c(N)n5)cn4)c3)ncc2c(N)n1. The van der Waals surface area contributed by atoms with Gasteiger partial charge >= 0.3 is 0 Å². The van der Waals surface area contributed by atoms with Crippen LogP contribution in [0.3, 0.4) is 0 Å². The van der Waals surface area contributed by atoms with Gasteiger partial charge in [0.25, 0.3) is 10.0 Å². The van der Waals surface area contributed by atoms with E-state index in [1.165, 1.54) is 29.5 Å². The van der Waals surface area contributed by atoms with E-state index in [-0.39, 0.29) is 41.1 Å². The lowest BCUT2D eigenvalue weighted by atomic mass is 10.0. The van der Waals surface area contributed by atoms with Crippen LogP contribution in [0.5, 0.6) is 0 Å². The maximum atomic E-state index is 13.3. The predicted octanol–water partition coefficient (Wildman–Crippen LogP) is 4.10. The van der Waals surface area contributed by atoms with Crippen LogP contribution >= 0.6 is 0 Å². The average Bonchev–Trinajstić information content (AvgIpc) is 3.95. The van der Waals surface area contributed by atoms with E-state index >= 15 is 0 Å². The third kappa shape index (κ3) is 10.6. The number of nitrogen functional groups attached to an aromatic ring is 2. The molecule has 0 fully saturated rings. The summed E-state index contributed by atoms with van der Waals surface area (Å²) in [4.78, 5) is 76.3. The smallest absolute Gasteiger partial charge is 0.254 e. The van der Waals surface area contributed by atoms with Gasteiger partial charge in [-0.05, 0) is 72.1 Å². The molecule has 0 saturated carbocycles. The van der Waals surface area contributed by atoms with Crippen molar-refractivity contribution in [3.63, 3.8) is 0 Å². The van der Waals surface area contributed by atoms with Crippen molar-refractivity contribution in [2.24, 2.45) is 7.05 Å². The molecule has 8 rings (SSSR count). The molecular formula is C45H40N16O6S. The van der Waals surface area contributed by atoms with E-state index in [9.17, 15) is 27.6 Å². The molecule has 0 aromatic carbocycles. The number of pyridine rings is 6. The molecule has 0 aliphatic carbocycles. The van der Waals surface area contributed by atoms with Gasteiger partial charge in [0.1, 0.15) is 23.3 Å². The highest BCUT2D eigenvalue weighted by Crippen LogP contribution is 2.30. The highest BCUT2D eigenvalue weighted by molar-refractivity contribution is 7.89. The summed E-state index contributed by atoms with van der Waals surface area (Å²) in [5, 5.41) is 20.6. The van der Waals surface area contributed by atoms with E-state index in [0.29, 0.717) is 49.9 Å². The zero-order valence-corrected chi connectivity index (χ0v) is 37.2. The fourth-order valence-corrected chi connectivity index (χ4v) is 7.97. The Morgan fingerprint density at radius 2 is 1.16 bits per heavy atom. The summed E-state index contributed by atoms with van der Waals surface area (Å²) >= 11 is 0. The molecule has 8 aromatic rings. The van der Waals surface area contributed by atoms with Crippen LogP contribution in [0.25, 0.3) is 44.1 Å². The molecule has 23 heteroatoms. The Morgan fingerprint density at radius 1 is 0.632 bits per heavy atom. The maximum absolute atomic E-state index is 13.3. The molecule has 0 spiro atoms. The van der Waals surface area contributed by atoms with Crippen molar-refractivity contribution in [2.75, 3.05) is 38.5 Å². The van der Waals surface area contributed by atoms with Crippen LogP contribution in [0.15, 0.2) is 116 Å². The zero-order chi connectivity index (χ0) is 48.1. The maximum Gasteiger partial charge on any atom is 0.254 e. The molecule has 0 atom stereocenters. The lowest BCUT2D eigenvalue weighted by Gasteiger charge is -2.11. The van der Waals surface area contributed by atoms with Crippen molar-refractivity contribution in [2.45, 2.75) is 20.3 Å². The van der Waals surface area contributed by atoms with E-state index in [0.717, 1.165) is 51.3 Å². The number of nitrogens with zero attached hydrogens (tertiary/aromatic N) is 10. The Balaban J connectivity index is 0.849. The van der Waals surface area contributed by atoms with Crippen LogP contribution in [-0.2, 0) is 42.7 Å². The first-order valence-electron chi connectivity index (χ1n) is 20.4. The second-order valence-corrected chi connectivity index (χ2v) is 17.2. The number of carbonyl (C=O) groups excluding carboxylic acids is 4. The number of hydrogen-bond acceptors (Lipinski definition) is 16. The fourth-order valence-electron chi connectivity index (χ4n) is 6.85. The third-order valence-electron chi connectivity index (χ3n) is 10.2. The average molecular weight is 933 g/mol. The normalized spacial score (nSPS) is 11.6. The lowest BCUT2D eigenvalue weighted by molar-refractivity contribution is -0.114. The first kappa shape index (κ1) is 45.3. The quantitative estimate of drug-likeness (QED) is 0.0836. The van der Waals surface area contributed by atoms with E-state index in [1.807, 2.05) is 26.0 Å². The number of anilines is 6. The van der Waals surface area contributed by atoms with Gasteiger partial charge in [0.15, 0.2) is 0 Å². The molecule has 342 valence electrons. The van der Waals surface area contributed by atoms with Gasteiger partial charge in [-0.15, -0.1) is 0 Å². The van der Waals surface area contributed by atoms with Crippen molar-refractivity contribution in [3.05, 3.63) is 133 Å². The monoisotopic (exact) mass is 932 g/mol. The Kier molecular flexibility index (Phi) is 12.7. The second-order valence-electron chi connectivity index (χ2n) is 15.2. The number of rotatable bonds is 14. The molecule has 0 radical (unpaired) electrons. The second kappa shape index (κ2) is 19.1. The van der Waals surface area contributed by atoms with E-state index in [4.69, 9.17) is 11.5 Å². The minimum atomic E-state index is -3.99. The van der Waals surface area contributed by atoms with Gasteiger partial charge in [0.05, 0.1) is 47.1 Å². The van der Waals surface area contributed by atoms with Crippen molar-refractivity contribution >= 4 is 89.8 Å². The first-order chi connectivity index (χ1) is 32.6. The van der Waals surface area contributed by atoms with Crippen molar-refractivity contribution in [1.29, 1.82) is 0 Å². The number of nitrogens with two attached hydrogens (primary N) is 2. The molecular weight excluding hydrogens is 893 g/mol. The van der Waals surface area contributed by atoms with Gasteiger partial charge in [-0.3, -0.25) is 33.8 Å². The van der Waals surface area contributed by atoms with Gasteiger partial charge in [-0.2, -0.15) is 14.3 Å². The number of aryl methyl sites for hydroxylation is 4. The highest BCUT2D eigenvalue weighted by atomic mass is 32.2. The van der Waals surface area contributed by atoms with E-state index < -0.39 is 33.7 Å². The van der Waals surface area contributed by atoms with E-state index in [1.54, 1.807) is 56.1 Å². The summed E-state index contributed by atoms with van der Waals surface area (Å²) in [5.41, 5.74) is 17.8. The van der Waals surface area contributed by atoms with Crippen molar-refractivity contribution in [3.8, 4) is 22.5 Å². The Morgan fingerprint density at radius 3 is 1.69 bits per heavy atom. The number of hydrogen-bond donors (Lipinski definition) is 6. The fraction of sp³-hybridized carbons (Fsp3) is 0.111. The summed E-state index contributed by atoms with van der Waals surface area (Å²) in [7, 11) is -2.28. The lowest BCUT2D eigenvalue weighted by Crippen LogP contribution is -2.19. The van der Waals surface area contributed by atoms with Gasteiger partial charge in [-0.1, -0.05) is 0 Å². The molecule has 8 N–H and O–H groups in total. The molecule has 22 nitrogen and oxygen atoms in total. The van der Waals surface area contributed by atoms with Crippen LogP contribution in [0.4, 0.5) is 34.6 Å². The third-order valence-corrected chi connectivity index (χ3v) is 11.7. The minimum absolute atomic E-state index is 0.0338. The summed E-state index contributed by atoms with van der Waals surface area (Å²) in [6, 6.07) is 10.4. The van der Waals surface area contributed by atoms with Gasteiger partial charge in [-0.25, -0.2) is 28.4 Å².